The summed E-state index contributed by atoms with van der Waals surface area (Å²) >= 11 is 4.69. The van der Waals surface area contributed by atoms with Crippen molar-refractivity contribution in [1.29, 1.82) is 0 Å². The average molecular weight is 338 g/mol. The normalized spacial score (nSPS) is 10.2. The number of anilines is 1. The Labute approximate surface area is 123 Å². The van der Waals surface area contributed by atoms with E-state index in [1.54, 1.807) is 24.3 Å². The third-order valence-corrected chi connectivity index (χ3v) is 4.42. The van der Waals surface area contributed by atoms with Gasteiger partial charge in [-0.2, -0.15) is 0 Å². The monoisotopic (exact) mass is 337 g/mol. The summed E-state index contributed by atoms with van der Waals surface area (Å²) in [5.41, 5.74) is 1.25. The van der Waals surface area contributed by atoms with Crippen LogP contribution in [0.1, 0.15) is 33.4 Å². The van der Waals surface area contributed by atoms with Gasteiger partial charge >= 0.3 is 0 Å². The smallest absolute Gasteiger partial charge is 0.266 e. The van der Waals surface area contributed by atoms with E-state index in [0.717, 1.165) is 4.47 Å². The van der Waals surface area contributed by atoms with Crippen LogP contribution in [0.25, 0.3) is 0 Å². The second kappa shape index (κ2) is 6.12. The third-order valence-electron chi connectivity index (χ3n) is 2.59. The molecular weight excluding hydrogens is 326 g/mol. The molecule has 98 valence electrons. The lowest BCUT2D eigenvalue weighted by atomic mass is 10.1. The second-order valence-corrected chi connectivity index (χ2v) is 5.68. The molecule has 0 aliphatic heterocycles. The van der Waals surface area contributed by atoms with Gasteiger partial charge in [0.15, 0.2) is 5.78 Å². The number of Topliss-reactive ketones (excluding diaryl/α,β-unsaturated/α-hetero) is 1. The summed E-state index contributed by atoms with van der Waals surface area (Å²) in [6.45, 7) is 1.82. The molecule has 0 aliphatic carbocycles. The first kappa shape index (κ1) is 14.0. The Balaban J connectivity index is 2.18. The maximum atomic E-state index is 12.0. The van der Waals surface area contributed by atoms with Gasteiger partial charge in [0, 0.05) is 22.1 Å². The molecule has 0 atom stereocenters. The standard InChI is InChI=1S/C14H12BrNO2S/c1-2-12(17)9-4-3-5-10(8-9)16-14(18)13-11(15)6-7-19-13/h3-8H,2H2,1H3,(H,16,18). The van der Waals surface area contributed by atoms with Crippen LogP contribution in [-0.2, 0) is 0 Å². The number of carbonyl (C=O) groups is 2. The second-order valence-electron chi connectivity index (χ2n) is 3.91. The van der Waals surface area contributed by atoms with Gasteiger partial charge in [-0.15, -0.1) is 11.3 Å². The Bertz CT molecular complexity index is 621. The Morgan fingerprint density at radius 3 is 2.74 bits per heavy atom. The maximum Gasteiger partial charge on any atom is 0.266 e. The highest BCUT2D eigenvalue weighted by molar-refractivity contribution is 9.10. The predicted molar refractivity (Wildman–Crippen MR) is 81.0 cm³/mol. The lowest BCUT2D eigenvalue weighted by Gasteiger charge is -2.06. The van der Waals surface area contributed by atoms with Gasteiger partial charge in [-0.25, -0.2) is 0 Å². The van der Waals surface area contributed by atoms with Gasteiger partial charge in [0.1, 0.15) is 4.88 Å². The van der Waals surface area contributed by atoms with Gasteiger partial charge in [-0.3, -0.25) is 9.59 Å². The molecule has 1 amide bonds. The van der Waals surface area contributed by atoms with Crippen molar-refractivity contribution in [2.75, 3.05) is 5.32 Å². The van der Waals surface area contributed by atoms with Crippen LogP contribution in [0, 0.1) is 0 Å². The van der Waals surface area contributed by atoms with Crippen molar-refractivity contribution in [2.24, 2.45) is 0 Å². The fraction of sp³-hybridized carbons (Fsp3) is 0.143. The number of hydrogen-bond acceptors (Lipinski definition) is 3. The van der Waals surface area contributed by atoms with Crippen LogP contribution in [0.4, 0.5) is 5.69 Å². The summed E-state index contributed by atoms with van der Waals surface area (Å²) in [4.78, 5) is 24.3. The minimum Gasteiger partial charge on any atom is -0.321 e. The summed E-state index contributed by atoms with van der Waals surface area (Å²) < 4.78 is 0.774. The van der Waals surface area contributed by atoms with Gasteiger partial charge in [-0.05, 0) is 39.5 Å². The van der Waals surface area contributed by atoms with Gasteiger partial charge in [0.2, 0.25) is 0 Å². The van der Waals surface area contributed by atoms with E-state index >= 15 is 0 Å². The molecule has 0 spiro atoms. The Morgan fingerprint density at radius 1 is 1.32 bits per heavy atom. The highest BCUT2D eigenvalue weighted by Gasteiger charge is 2.12. The zero-order valence-electron chi connectivity index (χ0n) is 10.3. The molecule has 0 saturated carbocycles. The summed E-state index contributed by atoms with van der Waals surface area (Å²) in [6, 6.07) is 8.82. The van der Waals surface area contributed by atoms with Crippen LogP contribution in [0.3, 0.4) is 0 Å². The highest BCUT2D eigenvalue weighted by atomic mass is 79.9. The van der Waals surface area contributed by atoms with Crippen molar-refractivity contribution < 1.29 is 9.59 Å². The molecule has 0 bridgehead atoms. The zero-order valence-corrected chi connectivity index (χ0v) is 12.7. The molecule has 1 aromatic carbocycles. The van der Waals surface area contributed by atoms with Gasteiger partial charge < -0.3 is 5.32 Å². The lowest BCUT2D eigenvalue weighted by molar-refractivity contribution is 0.0985. The molecule has 0 fully saturated rings. The van der Waals surface area contributed by atoms with E-state index in [0.29, 0.717) is 22.5 Å². The molecule has 2 aromatic rings. The number of amides is 1. The van der Waals surface area contributed by atoms with E-state index in [9.17, 15) is 9.59 Å². The largest absolute Gasteiger partial charge is 0.321 e. The van der Waals surface area contributed by atoms with E-state index in [1.165, 1.54) is 11.3 Å². The zero-order chi connectivity index (χ0) is 13.8. The SMILES string of the molecule is CCC(=O)c1cccc(NC(=O)c2sccc2Br)c1. The van der Waals surface area contributed by atoms with Crippen LogP contribution in [-0.4, -0.2) is 11.7 Å². The molecule has 1 heterocycles. The number of nitrogens with one attached hydrogen (secondary N) is 1. The molecule has 0 saturated heterocycles. The Morgan fingerprint density at radius 2 is 2.11 bits per heavy atom. The number of rotatable bonds is 4. The maximum absolute atomic E-state index is 12.0. The fourth-order valence-corrected chi connectivity index (χ4v) is 3.06. The summed E-state index contributed by atoms with van der Waals surface area (Å²) in [5, 5.41) is 4.64. The van der Waals surface area contributed by atoms with E-state index in [-0.39, 0.29) is 11.7 Å². The Kier molecular flexibility index (Phi) is 4.50. The number of thiophene rings is 1. The topological polar surface area (TPSA) is 46.2 Å². The molecule has 19 heavy (non-hydrogen) atoms. The molecule has 3 nitrogen and oxygen atoms in total. The Hall–Kier alpha value is -1.46. The minimum absolute atomic E-state index is 0.0633. The van der Waals surface area contributed by atoms with Gasteiger partial charge in [-0.1, -0.05) is 19.1 Å². The fourth-order valence-electron chi connectivity index (χ4n) is 1.62. The summed E-state index contributed by atoms with van der Waals surface area (Å²) in [5.74, 6) is -0.114. The lowest BCUT2D eigenvalue weighted by Crippen LogP contribution is -2.11. The number of carbonyl (C=O) groups excluding carboxylic acids is 2. The van der Waals surface area contributed by atoms with Crippen LogP contribution in [0.5, 0.6) is 0 Å². The molecule has 0 unspecified atom stereocenters. The van der Waals surface area contributed by atoms with Crippen LogP contribution < -0.4 is 5.32 Å². The number of ketones is 1. The number of halogens is 1. The molecular formula is C14H12BrNO2S. The van der Waals surface area contributed by atoms with Gasteiger partial charge in [0.25, 0.3) is 5.91 Å². The van der Waals surface area contributed by atoms with Gasteiger partial charge in [0.05, 0.1) is 0 Å². The summed E-state index contributed by atoms with van der Waals surface area (Å²) in [6.07, 6.45) is 0.452. The van der Waals surface area contributed by atoms with E-state index in [4.69, 9.17) is 0 Å². The van der Waals surface area contributed by atoms with E-state index in [2.05, 4.69) is 21.2 Å². The first-order chi connectivity index (χ1) is 9.11. The number of benzene rings is 1. The average Bonchev–Trinajstić information content (AvgIpc) is 2.84. The number of hydrogen-bond donors (Lipinski definition) is 1. The third kappa shape index (κ3) is 3.30. The van der Waals surface area contributed by atoms with Crippen molar-refractivity contribution in [3.8, 4) is 0 Å². The van der Waals surface area contributed by atoms with Crippen molar-refractivity contribution in [2.45, 2.75) is 13.3 Å². The highest BCUT2D eigenvalue weighted by Crippen LogP contribution is 2.24. The van der Waals surface area contributed by atoms with Crippen molar-refractivity contribution in [3.05, 3.63) is 50.6 Å². The molecule has 2 rings (SSSR count). The predicted octanol–water partition coefficient (Wildman–Crippen LogP) is 4.36. The van der Waals surface area contributed by atoms with Crippen LogP contribution in [0.2, 0.25) is 0 Å². The summed E-state index contributed by atoms with van der Waals surface area (Å²) in [7, 11) is 0. The minimum atomic E-state index is -0.178. The van der Waals surface area contributed by atoms with Crippen molar-refractivity contribution in [1.82, 2.24) is 0 Å². The van der Waals surface area contributed by atoms with Crippen molar-refractivity contribution in [3.63, 3.8) is 0 Å². The van der Waals surface area contributed by atoms with E-state index in [1.807, 2.05) is 18.4 Å². The first-order valence-corrected chi connectivity index (χ1v) is 7.46. The van der Waals surface area contributed by atoms with Crippen LogP contribution in [0.15, 0.2) is 40.2 Å². The molecule has 0 radical (unpaired) electrons. The quantitative estimate of drug-likeness (QED) is 0.842. The van der Waals surface area contributed by atoms with Crippen molar-refractivity contribution >= 4 is 44.6 Å². The molecule has 5 heteroatoms. The van der Waals surface area contributed by atoms with E-state index < -0.39 is 0 Å². The molecule has 1 aromatic heterocycles. The van der Waals surface area contributed by atoms with Crippen LogP contribution >= 0.6 is 27.3 Å². The first-order valence-electron chi connectivity index (χ1n) is 5.79. The molecule has 1 N–H and O–H groups in total. The molecule has 0 aliphatic rings.